The lowest BCUT2D eigenvalue weighted by atomic mass is 10.0. The summed E-state index contributed by atoms with van der Waals surface area (Å²) in [6.45, 7) is 4.87. The molecule has 1 fully saturated rings. The summed E-state index contributed by atoms with van der Waals surface area (Å²) in [6.07, 6.45) is 1.77. The number of amides is 3. The molecule has 2 aliphatic heterocycles. The second-order valence-electron chi connectivity index (χ2n) is 8.71. The van der Waals surface area contributed by atoms with E-state index in [0.717, 1.165) is 16.2 Å². The number of allylic oxidation sites excluding steroid dienone is 1. The van der Waals surface area contributed by atoms with Crippen LogP contribution in [0.2, 0.25) is 0 Å². The van der Waals surface area contributed by atoms with Gasteiger partial charge in [-0.25, -0.2) is 14.6 Å². The van der Waals surface area contributed by atoms with Gasteiger partial charge in [0.1, 0.15) is 29.4 Å². The largest absolute Gasteiger partial charge is 0.445 e. The van der Waals surface area contributed by atoms with Crippen molar-refractivity contribution >= 4 is 63.8 Å². The Kier molecular flexibility index (Phi) is 10.7. The van der Waals surface area contributed by atoms with Crippen molar-refractivity contribution in [1.29, 1.82) is 0 Å². The van der Waals surface area contributed by atoms with E-state index in [-0.39, 0.29) is 34.8 Å². The fraction of sp³-hybridized carbons (Fsp3) is 0.458. The Morgan fingerprint density at radius 1 is 1.29 bits per heavy atom. The molecule has 0 bridgehead atoms. The minimum absolute atomic E-state index is 0.0270. The number of ether oxygens (including phenoxy) is 3. The molecule has 0 spiro atoms. The van der Waals surface area contributed by atoms with E-state index in [9.17, 15) is 29.2 Å². The van der Waals surface area contributed by atoms with Crippen molar-refractivity contribution in [2.75, 3.05) is 18.1 Å². The zero-order valence-electron chi connectivity index (χ0n) is 22.4. The molecule has 222 valence electrons. The number of β-lactam (4-membered cyclic amide) rings is 1. The van der Waals surface area contributed by atoms with Crippen molar-refractivity contribution in [1.82, 2.24) is 15.2 Å². The number of esters is 2. The summed E-state index contributed by atoms with van der Waals surface area (Å²) < 4.78 is 15.3. The highest BCUT2D eigenvalue weighted by Gasteiger charge is 2.54. The first-order valence-electron chi connectivity index (χ1n) is 12.4. The Labute approximate surface area is 242 Å². The molecule has 1 saturated heterocycles. The highest BCUT2D eigenvalue weighted by Crippen LogP contribution is 2.41. The van der Waals surface area contributed by atoms with Gasteiger partial charge in [-0.2, -0.15) is 0 Å². The number of thiazole rings is 1. The van der Waals surface area contributed by atoms with Gasteiger partial charge in [0.2, 0.25) is 6.29 Å². The smallest absolute Gasteiger partial charge is 0.404 e. The van der Waals surface area contributed by atoms with Gasteiger partial charge in [0, 0.05) is 18.1 Å². The number of carbonyl (C=O) groups is 5. The van der Waals surface area contributed by atoms with Gasteiger partial charge in [0.25, 0.3) is 11.8 Å². The van der Waals surface area contributed by atoms with Crippen molar-refractivity contribution < 1.29 is 43.4 Å². The van der Waals surface area contributed by atoms with Gasteiger partial charge in [-0.3, -0.25) is 19.3 Å². The van der Waals surface area contributed by atoms with Gasteiger partial charge < -0.3 is 36.2 Å². The predicted octanol–water partition coefficient (Wildman–Crippen LogP) is 1.08. The van der Waals surface area contributed by atoms with E-state index >= 15 is 0 Å². The molecule has 0 radical (unpaired) electrons. The fourth-order valence-corrected chi connectivity index (χ4v) is 5.88. The number of oxime groups is 1. The van der Waals surface area contributed by atoms with Gasteiger partial charge in [0.05, 0.1) is 5.92 Å². The Morgan fingerprint density at radius 3 is 2.59 bits per heavy atom. The number of fused-ring (bicyclic) bond motifs is 1. The monoisotopic (exact) mass is 610 g/mol. The van der Waals surface area contributed by atoms with Crippen molar-refractivity contribution in [3.05, 3.63) is 34.5 Å². The minimum atomic E-state index is -1.25. The molecule has 3 atom stereocenters. The number of aromatic nitrogens is 1. The van der Waals surface area contributed by atoms with Crippen LogP contribution in [-0.4, -0.2) is 80.7 Å². The third-order valence-corrected chi connectivity index (χ3v) is 8.05. The number of thioether (sulfide) groups is 1. The van der Waals surface area contributed by atoms with E-state index in [1.54, 1.807) is 0 Å². The number of nitrogens with two attached hydrogens (primary N) is 2. The second kappa shape index (κ2) is 14.0. The van der Waals surface area contributed by atoms with Crippen LogP contribution < -0.4 is 16.8 Å². The number of primary amides is 1. The van der Waals surface area contributed by atoms with E-state index in [1.165, 1.54) is 36.2 Å². The molecule has 6 N–H and O–H groups in total. The Balaban J connectivity index is 1.80. The standard InChI is InChI=1S/C24H30N6O9S2/c1-4-12(5-2)21(33)38-11(3)39-22(34)17-13(7-6-8-37-24(26)35)9-40-20-16(19(32)30(17)20)28-18(31)15(29-36)14-10-41-23(25)27-14/h6-7,10-12,16,20,36H,4-5,8-9H2,1-3H3,(H2,25,27)(H2,26,35)(H,28,31)/b7-6-,29-15-. The SMILES string of the molecule is CCC(CC)C(=O)OC(C)OC(=O)C1=C(/C=C\COC(N)=O)CSC2C(NC(=O)/C(=N\O)c3csc(N)n3)C(=O)N12. The first-order chi connectivity index (χ1) is 19.5. The molecule has 0 aromatic carbocycles. The molecule has 0 saturated carbocycles. The summed E-state index contributed by atoms with van der Waals surface area (Å²) in [4.78, 5) is 67.6. The molecular formula is C24H30N6O9S2. The zero-order chi connectivity index (χ0) is 30.3. The van der Waals surface area contributed by atoms with E-state index < -0.39 is 53.3 Å². The van der Waals surface area contributed by atoms with Crippen LogP contribution in [0.15, 0.2) is 34.0 Å². The van der Waals surface area contributed by atoms with Gasteiger partial charge in [0.15, 0.2) is 10.8 Å². The summed E-state index contributed by atoms with van der Waals surface area (Å²) in [5.74, 6) is -3.13. The summed E-state index contributed by atoms with van der Waals surface area (Å²) in [7, 11) is 0. The molecular weight excluding hydrogens is 580 g/mol. The van der Waals surface area contributed by atoms with E-state index in [4.69, 9.17) is 20.9 Å². The molecule has 0 aliphatic carbocycles. The van der Waals surface area contributed by atoms with Gasteiger partial charge in [-0.15, -0.1) is 23.1 Å². The van der Waals surface area contributed by atoms with Crippen molar-refractivity contribution in [3.8, 4) is 0 Å². The highest BCUT2D eigenvalue weighted by molar-refractivity contribution is 8.00. The third kappa shape index (κ3) is 7.35. The molecule has 1 aromatic rings. The fourth-order valence-electron chi connectivity index (χ4n) is 4.01. The van der Waals surface area contributed by atoms with Crippen molar-refractivity contribution in [2.24, 2.45) is 16.8 Å². The lowest BCUT2D eigenvalue weighted by molar-refractivity contribution is -0.187. The van der Waals surface area contributed by atoms with Gasteiger partial charge >= 0.3 is 18.0 Å². The zero-order valence-corrected chi connectivity index (χ0v) is 24.0. The molecule has 15 nitrogen and oxygen atoms in total. The second-order valence-corrected chi connectivity index (χ2v) is 10.7. The molecule has 3 unspecified atom stereocenters. The topological polar surface area (TPSA) is 226 Å². The van der Waals surface area contributed by atoms with Crippen LogP contribution in [0.1, 0.15) is 39.3 Å². The first kappa shape index (κ1) is 31.4. The van der Waals surface area contributed by atoms with Crippen molar-refractivity contribution in [2.45, 2.75) is 51.3 Å². The van der Waals surface area contributed by atoms with Crippen LogP contribution in [0.25, 0.3) is 0 Å². The maximum atomic E-state index is 13.3. The van der Waals surface area contributed by atoms with Gasteiger partial charge in [-0.1, -0.05) is 25.1 Å². The summed E-state index contributed by atoms with van der Waals surface area (Å²) in [5, 5.41) is 15.7. The van der Waals surface area contributed by atoms with Crippen LogP contribution in [0, 0.1) is 5.92 Å². The maximum Gasteiger partial charge on any atom is 0.404 e. The summed E-state index contributed by atoms with van der Waals surface area (Å²) in [6, 6.07) is -1.07. The predicted molar refractivity (Wildman–Crippen MR) is 147 cm³/mol. The highest BCUT2D eigenvalue weighted by atomic mass is 32.2. The van der Waals surface area contributed by atoms with E-state index in [2.05, 4.69) is 20.2 Å². The molecule has 1 aromatic heterocycles. The van der Waals surface area contributed by atoms with Crippen LogP contribution in [0.5, 0.6) is 0 Å². The first-order valence-corrected chi connectivity index (χ1v) is 14.4. The van der Waals surface area contributed by atoms with E-state index in [1.807, 2.05) is 13.8 Å². The molecule has 3 rings (SSSR count). The molecule has 3 amide bonds. The Bertz CT molecular complexity index is 1290. The number of nitrogens with one attached hydrogen (secondary N) is 1. The maximum absolute atomic E-state index is 13.3. The molecule has 2 aliphatic rings. The average Bonchev–Trinajstić information content (AvgIpc) is 3.35. The number of hydrogen-bond donors (Lipinski definition) is 4. The minimum Gasteiger partial charge on any atom is -0.445 e. The third-order valence-electron chi connectivity index (χ3n) is 6.07. The van der Waals surface area contributed by atoms with Crippen LogP contribution in [-0.2, 0) is 33.4 Å². The molecule has 41 heavy (non-hydrogen) atoms. The lowest BCUT2D eigenvalue weighted by Gasteiger charge is -2.49. The van der Waals surface area contributed by atoms with Crippen LogP contribution in [0.4, 0.5) is 9.93 Å². The summed E-state index contributed by atoms with van der Waals surface area (Å²) >= 11 is 2.27. The van der Waals surface area contributed by atoms with E-state index in [0.29, 0.717) is 18.4 Å². The number of hydrogen-bond acceptors (Lipinski definition) is 14. The Hall–Kier alpha value is -4.12. The summed E-state index contributed by atoms with van der Waals surface area (Å²) in [5.41, 5.74) is 10.4. The van der Waals surface area contributed by atoms with Crippen LogP contribution in [0.3, 0.4) is 0 Å². The molecule has 3 heterocycles. The van der Waals surface area contributed by atoms with Crippen LogP contribution >= 0.6 is 23.1 Å². The quantitative estimate of drug-likeness (QED) is 0.0651. The number of nitrogens with zero attached hydrogens (tertiary/aromatic N) is 3. The number of rotatable bonds is 12. The van der Waals surface area contributed by atoms with Crippen molar-refractivity contribution in [3.63, 3.8) is 0 Å². The molecule has 17 heteroatoms. The number of carbonyl (C=O) groups excluding carboxylic acids is 5. The Morgan fingerprint density at radius 2 is 2.00 bits per heavy atom. The number of nitrogen functional groups attached to an aromatic ring is 1. The average molecular weight is 611 g/mol. The number of anilines is 1. The van der Waals surface area contributed by atoms with Gasteiger partial charge in [-0.05, 0) is 24.5 Å². The lowest BCUT2D eigenvalue weighted by Crippen LogP contribution is -2.71. The normalized spacial score (nSPS) is 19.5.